The molecule has 0 aliphatic rings. The second-order valence-electron chi connectivity index (χ2n) is 13.5. The van der Waals surface area contributed by atoms with Gasteiger partial charge in [0.1, 0.15) is 13.2 Å². The summed E-state index contributed by atoms with van der Waals surface area (Å²) in [6.07, 6.45) is 4.04. The summed E-state index contributed by atoms with van der Waals surface area (Å²) in [7, 11) is 11.4. The molecule has 6 nitrogen and oxygen atoms in total. The minimum atomic E-state index is -0.171. The van der Waals surface area contributed by atoms with Gasteiger partial charge in [0.05, 0.1) is 12.8 Å². The monoisotopic (exact) mass is 686 g/mol. The van der Waals surface area contributed by atoms with Crippen molar-refractivity contribution in [2.24, 2.45) is 22.7 Å². The second kappa shape index (κ2) is 24.8. The number of ether oxygens (including phenoxy) is 2. The number of carbonyl (C=O) groups is 2. The van der Waals surface area contributed by atoms with E-state index in [1.54, 1.807) is 21.6 Å². The van der Waals surface area contributed by atoms with Gasteiger partial charge in [0.2, 0.25) is 0 Å². The lowest BCUT2D eigenvalue weighted by Crippen LogP contribution is -2.32. The number of esters is 2. The Morgan fingerprint density at radius 1 is 0.738 bits per heavy atom. The first-order valence-electron chi connectivity index (χ1n) is 15.4. The maximum Gasteiger partial charge on any atom is 0.307 e. The lowest BCUT2D eigenvalue weighted by atomic mass is 9.86. The molecule has 0 aromatic rings. The number of carbonyl (C=O) groups excluding carboxylic acids is 2. The van der Waals surface area contributed by atoms with Crippen molar-refractivity contribution in [2.75, 3.05) is 82.3 Å². The summed E-state index contributed by atoms with van der Waals surface area (Å²) in [5.41, 5.74) is 0.604. The third-order valence-electron chi connectivity index (χ3n) is 6.44. The molecule has 0 aliphatic carbocycles. The molecule has 0 spiro atoms. The molecule has 0 amide bonds. The van der Waals surface area contributed by atoms with E-state index in [4.69, 9.17) is 9.47 Å². The predicted octanol–water partition coefficient (Wildman–Crippen LogP) is 7.92. The summed E-state index contributed by atoms with van der Waals surface area (Å²) in [6, 6.07) is 0. The maximum absolute atomic E-state index is 12.4. The SMILES string of the molecule is CC(C)CC(C)(C)CSSCCOC(=O)CCN(CCCN(C)C)CCC(=O)OCCSSCC(C)(C)CC(C)CS. The van der Waals surface area contributed by atoms with Gasteiger partial charge >= 0.3 is 11.9 Å². The molecule has 1 atom stereocenters. The van der Waals surface area contributed by atoms with Crippen LogP contribution in [0.25, 0.3) is 0 Å². The Kier molecular flexibility index (Phi) is 25.2. The molecular weight excluding hydrogens is 625 g/mol. The van der Waals surface area contributed by atoms with Gasteiger partial charge < -0.3 is 19.3 Å². The van der Waals surface area contributed by atoms with Crippen molar-refractivity contribution in [2.45, 2.75) is 80.6 Å². The predicted molar refractivity (Wildman–Crippen MR) is 195 cm³/mol. The van der Waals surface area contributed by atoms with Crippen LogP contribution in [0.5, 0.6) is 0 Å². The molecule has 0 aromatic carbocycles. The van der Waals surface area contributed by atoms with Gasteiger partial charge in [0, 0.05) is 36.1 Å². The summed E-state index contributed by atoms with van der Waals surface area (Å²) in [6.45, 7) is 19.9. The molecule has 0 saturated heterocycles. The third-order valence-corrected chi connectivity index (χ3v) is 12.6. The van der Waals surface area contributed by atoms with Crippen LogP contribution in [0.1, 0.15) is 80.6 Å². The van der Waals surface area contributed by atoms with Crippen LogP contribution in [0, 0.1) is 22.7 Å². The summed E-state index contributed by atoms with van der Waals surface area (Å²) in [5.74, 6) is 5.67. The van der Waals surface area contributed by atoms with E-state index < -0.39 is 0 Å². The van der Waals surface area contributed by atoms with Crippen LogP contribution in [-0.2, 0) is 19.1 Å². The Labute approximate surface area is 280 Å². The quantitative estimate of drug-likeness (QED) is 0.0399. The summed E-state index contributed by atoms with van der Waals surface area (Å²) in [4.78, 5) is 29.1. The maximum atomic E-state index is 12.4. The molecule has 11 heteroatoms. The van der Waals surface area contributed by atoms with E-state index in [0.29, 0.717) is 56.4 Å². The fraction of sp³-hybridized carbons (Fsp3) is 0.935. The molecule has 0 saturated carbocycles. The molecule has 0 heterocycles. The highest BCUT2D eigenvalue weighted by atomic mass is 33.1. The Balaban J connectivity index is 4.25. The fourth-order valence-electron chi connectivity index (χ4n) is 4.72. The highest BCUT2D eigenvalue weighted by Gasteiger charge is 2.21. The Morgan fingerprint density at radius 2 is 1.21 bits per heavy atom. The van der Waals surface area contributed by atoms with Gasteiger partial charge in [0.15, 0.2) is 0 Å². The van der Waals surface area contributed by atoms with Crippen LogP contribution in [0.15, 0.2) is 0 Å². The minimum Gasteiger partial charge on any atom is -0.465 e. The van der Waals surface area contributed by atoms with E-state index in [1.807, 2.05) is 21.6 Å². The van der Waals surface area contributed by atoms with Gasteiger partial charge in [0.25, 0.3) is 0 Å². The Bertz CT molecular complexity index is 711. The summed E-state index contributed by atoms with van der Waals surface area (Å²) in [5, 5.41) is 0. The first-order valence-corrected chi connectivity index (χ1v) is 21.0. The van der Waals surface area contributed by atoms with Crippen molar-refractivity contribution < 1.29 is 19.1 Å². The summed E-state index contributed by atoms with van der Waals surface area (Å²) >= 11 is 4.41. The highest BCUT2D eigenvalue weighted by Crippen LogP contribution is 2.35. The van der Waals surface area contributed by atoms with Gasteiger partial charge in [-0.1, -0.05) is 91.6 Å². The molecule has 0 bridgehead atoms. The van der Waals surface area contributed by atoms with Crippen molar-refractivity contribution in [1.29, 1.82) is 0 Å². The first kappa shape index (κ1) is 42.6. The zero-order chi connectivity index (χ0) is 32.0. The van der Waals surface area contributed by atoms with Gasteiger partial charge in [-0.25, -0.2) is 0 Å². The molecule has 0 radical (unpaired) electrons. The number of nitrogens with zero attached hydrogens (tertiary/aromatic N) is 2. The van der Waals surface area contributed by atoms with Crippen LogP contribution in [0.2, 0.25) is 0 Å². The highest BCUT2D eigenvalue weighted by molar-refractivity contribution is 8.77. The molecule has 250 valence electrons. The Morgan fingerprint density at radius 3 is 1.64 bits per heavy atom. The van der Waals surface area contributed by atoms with E-state index in [-0.39, 0.29) is 17.4 Å². The van der Waals surface area contributed by atoms with Gasteiger partial charge in [-0.3, -0.25) is 9.59 Å². The van der Waals surface area contributed by atoms with Gasteiger partial charge in [-0.2, -0.15) is 12.6 Å². The first-order chi connectivity index (χ1) is 19.7. The van der Waals surface area contributed by atoms with Crippen LogP contribution in [0.3, 0.4) is 0 Å². The van der Waals surface area contributed by atoms with E-state index in [1.165, 1.54) is 6.42 Å². The number of hydrogen-bond donors (Lipinski definition) is 1. The minimum absolute atomic E-state index is 0.168. The molecule has 0 N–H and O–H groups in total. The van der Waals surface area contributed by atoms with Gasteiger partial charge in [-0.15, -0.1) is 0 Å². The van der Waals surface area contributed by atoms with Crippen LogP contribution >= 0.6 is 55.8 Å². The zero-order valence-corrected chi connectivity index (χ0v) is 32.2. The third kappa shape index (κ3) is 27.0. The van der Waals surface area contributed by atoms with Crippen molar-refractivity contribution in [3.63, 3.8) is 0 Å². The normalized spacial score (nSPS) is 13.3. The molecule has 0 aliphatic heterocycles. The average molecular weight is 687 g/mol. The largest absolute Gasteiger partial charge is 0.465 e. The molecule has 1 unspecified atom stereocenters. The fourth-order valence-corrected chi connectivity index (χ4v) is 9.96. The van der Waals surface area contributed by atoms with Crippen molar-refractivity contribution in [3.8, 4) is 0 Å². The van der Waals surface area contributed by atoms with Crippen LogP contribution in [0.4, 0.5) is 0 Å². The summed E-state index contributed by atoms with van der Waals surface area (Å²) < 4.78 is 11.0. The number of rotatable bonds is 27. The molecule has 0 fully saturated rings. The van der Waals surface area contributed by atoms with E-state index in [2.05, 4.69) is 85.0 Å². The smallest absolute Gasteiger partial charge is 0.307 e. The second-order valence-corrected chi connectivity index (χ2v) is 19.1. The molecule has 42 heavy (non-hydrogen) atoms. The van der Waals surface area contributed by atoms with E-state index in [0.717, 1.165) is 54.7 Å². The van der Waals surface area contributed by atoms with Crippen molar-refractivity contribution in [1.82, 2.24) is 9.80 Å². The molecule has 0 rings (SSSR count). The lowest BCUT2D eigenvalue weighted by Gasteiger charge is -2.26. The average Bonchev–Trinajstić information content (AvgIpc) is 2.87. The van der Waals surface area contributed by atoms with Gasteiger partial charge in [-0.05, 0) is 74.9 Å². The standard InChI is InChI=1S/C31H62N2O4S5/c1-26(2)21-30(4,5)24-41-39-19-17-36-28(34)11-15-33(14-10-13-32(8)9)16-12-29(35)37-18-20-40-42-25-31(6,7)22-27(3)23-38/h26-27,38H,10-25H2,1-9H3. The molecular formula is C31H62N2O4S5. The topological polar surface area (TPSA) is 59.1 Å². The van der Waals surface area contributed by atoms with E-state index in [9.17, 15) is 9.59 Å². The Hall–Kier alpha value is 0.610. The van der Waals surface area contributed by atoms with Crippen molar-refractivity contribution in [3.05, 3.63) is 0 Å². The number of thiol groups is 1. The zero-order valence-electron chi connectivity index (χ0n) is 28.1. The van der Waals surface area contributed by atoms with Crippen LogP contribution < -0.4 is 0 Å². The molecule has 0 aromatic heterocycles. The number of hydrogen-bond acceptors (Lipinski definition) is 11. The lowest BCUT2D eigenvalue weighted by molar-refractivity contribution is -0.143. The van der Waals surface area contributed by atoms with Crippen molar-refractivity contribution >= 4 is 67.7 Å². The van der Waals surface area contributed by atoms with E-state index >= 15 is 0 Å². The van der Waals surface area contributed by atoms with Crippen LogP contribution in [-0.4, -0.2) is 104 Å².